The van der Waals surface area contributed by atoms with E-state index in [-0.39, 0.29) is 5.02 Å². The Balaban J connectivity index is 3.35. The summed E-state index contributed by atoms with van der Waals surface area (Å²) in [7, 11) is 0. The zero-order valence-corrected chi connectivity index (χ0v) is 9.71. The number of aliphatic imine (C=N–C) groups is 1. The van der Waals surface area contributed by atoms with E-state index < -0.39 is 28.8 Å². The van der Waals surface area contributed by atoms with Crippen molar-refractivity contribution in [2.75, 3.05) is 0 Å². The average molecular weight is 310 g/mol. The SMILES string of the molecule is FC(F)(F)C(Cl)=Nc1ccc(Cl)cc1C(F)(F)F. The van der Waals surface area contributed by atoms with Crippen LogP contribution in [0.3, 0.4) is 0 Å². The van der Waals surface area contributed by atoms with Crippen LogP contribution < -0.4 is 0 Å². The first-order chi connectivity index (χ1) is 8.01. The summed E-state index contributed by atoms with van der Waals surface area (Å²) in [5.41, 5.74) is -2.34. The van der Waals surface area contributed by atoms with Crippen molar-refractivity contribution >= 4 is 34.1 Å². The zero-order chi connectivity index (χ0) is 14.1. The topological polar surface area (TPSA) is 12.4 Å². The van der Waals surface area contributed by atoms with Gasteiger partial charge in [-0.25, -0.2) is 4.99 Å². The van der Waals surface area contributed by atoms with Crippen LogP contribution in [0.4, 0.5) is 32.0 Å². The minimum absolute atomic E-state index is 0.274. The molecule has 1 aromatic rings. The van der Waals surface area contributed by atoms with E-state index >= 15 is 0 Å². The molecule has 0 heterocycles. The molecular formula is C9H3Cl2F6N. The molecule has 9 heteroatoms. The van der Waals surface area contributed by atoms with Crippen molar-refractivity contribution in [1.82, 2.24) is 0 Å². The van der Waals surface area contributed by atoms with E-state index in [2.05, 4.69) is 4.99 Å². The molecule has 0 amide bonds. The molecule has 0 spiro atoms. The lowest BCUT2D eigenvalue weighted by atomic mass is 10.2. The van der Waals surface area contributed by atoms with Crippen LogP contribution in [0.25, 0.3) is 0 Å². The highest BCUT2D eigenvalue weighted by atomic mass is 35.5. The number of rotatable bonds is 1. The summed E-state index contributed by atoms with van der Waals surface area (Å²) in [6.45, 7) is 0. The highest BCUT2D eigenvalue weighted by Crippen LogP contribution is 2.38. The third-order valence-electron chi connectivity index (χ3n) is 1.72. The van der Waals surface area contributed by atoms with Gasteiger partial charge < -0.3 is 0 Å². The number of hydrogen-bond acceptors (Lipinski definition) is 1. The average Bonchev–Trinajstić information content (AvgIpc) is 2.17. The molecule has 0 saturated carbocycles. The van der Waals surface area contributed by atoms with Crippen LogP contribution in [0.15, 0.2) is 23.2 Å². The predicted molar refractivity (Wildman–Crippen MR) is 55.5 cm³/mol. The molecule has 0 atom stereocenters. The molecule has 0 aliphatic rings. The van der Waals surface area contributed by atoms with E-state index in [1.165, 1.54) is 0 Å². The third kappa shape index (κ3) is 3.78. The lowest BCUT2D eigenvalue weighted by molar-refractivity contribution is -0.137. The van der Waals surface area contributed by atoms with E-state index in [1.54, 1.807) is 0 Å². The van der Waals surface area contributed by atoms with Crippen LogP contribution >= 0.6 is 23.2 Å². The van der Waals surface area contributed by atoms with Gasteiger partial charge in [0.1, 0.15) is 0 Å². The Morgan fingerprint density at radius 1 is 1.06 bits per heavy atom. The van der Waals surface area contributed by atoms with Gasteiger partial charge in [0.25, 0.3) is 0 Å². The van der Waals surface area contributed by atoms with Gasteiger partial charge in [-0.1, -0.05) is 23.2 Å². The second-order valence-electron chi connectivity index (χ2n) is 3.06. The van der Waals surface area contributed by atoms with Crippen molar-refractivity contribution in [1.29, 1.82) is 0 Å². The van der Waals surface area contributed by atoms with Crippen molar-refractivity contribution in [2.24, 2.45) is 4.99 Å². The number of hydrogen-bond donors (Lipinski definition) is 0. The van der Waals surface area contributed by atoms with E-state index in [1.807, 2.05) is 0 Å². The van der Waals surface area contributed by atoms with Crippen LogP contribution in [-0.2, 0) is 6.18 Å². The number of nitrogens with zero attached hydrogens (tertiary/aromatic N) is 1. The molecule has 0 bridgehead atoms. The quantitative estimate of drug-likeness (QED) is 0.500. The maximum absolute atomic E-state index is 12.5. The summed E-state index contributed by atoms with van der Waals surface area (Å²) >= 11 is 10.1. The molecule has 100 valence electrons. The molecule has 0 unspecified atom stereocenters. The highest BCUT2D eigenvalue weighted by molar-refractivity contribution is 6.67. The molecule has 0 N–H and O–H groups in total. The van der Waals surface area contributed by atoms with E-state index in [0.717, 1.165) is 6.07 Å². The van der Waals surface area contributed by atoms with Crippen LogP contribution in [0, 0.1) is 0 Å². The molecule has 1 nitrogen and oxygen atoms in total. The van der Waals surface area contributed by atoms with E-state index in [9.17, 15) is 26.3 Å². The highest BCUT2D eigenvalue weighted by Gasteiger charge is 2.37. The van der Waals surface area contributed by atoms with Gasteiger partial charge in [-0.05, 0) is 18.2 Å². The first-order valence-corrected chi connectivity index (χ1v) is 4.95. The lowest BCUT2D eigenvalue weighted by Gasteiger charge is -2.11. The Labute approximate surface area is 107 Å². The first-order valence-electron chi connectivity index (χ1n) is 4.20. The Hall–Kier alpha value is -0.950. The monoisotopic (exact) mass is 309 g/mol. The van der Waals surface area contributed by atoms with Gasteiger partial charge in [0, 0.05) is 5.02 Å². The number of alkyl halides is 6. The summed E-state index contributed by atoms with van der Waals surface area (Å²) in [6, 6.07) is 2.16. The second-order valence-corrected chi connectivity index (χ2v) is 3.85. The molecule has 0 radical (unpaired) electrons. The summed E-state index contributed by atoms with van der Waals surface area (Å²) in [5, 5.41) is -2.17. The second kappa shape index (κ2) is 4.97. The van der Waals surface area contributed by atoms with Crippen molar-refractivity contribution in [3.63, 3.8) is 0 Å². The summed E-state index contributed by atoms with van der Waals surface area (Å²) in [6.07, 6.45) is -9.89. The van der Waals surface area contributed by atoms with E-state index in [4.69, 9.17) is 23.2 Å². The summed E-state index contributed by atoms with van der Waals surface area (Å²) < 4.78 is 73.8. The van der Waals surface area contributed by atoms with Gasteiger partial charge >= 0.3 is 12.4 Å². The van der Waals surface area contributed by atoms with Crippen LogP contribution in [0.2, 0.25) is 5.02 Å². The van der Waals surface area contributed by atoms with Gasteiger partial charge in [0.15, 0.2) is 0 Å². The first kappa shape index (κ1) is 15.1. The minimum Gasteiger partial charge on any atom is -0.232 e. The molecule has 1 rings (SSSR count). The van der Waals surface area contributed by atoms with Gasteiger partial charge in [0.05, 0.1) is 11.3 Å². The fourth-order valence-electron chi connectivity index (χ4n) is 1.00. The Bertz CT molecular complexity index is 477. The predicted octanol–water partition coefficient (Wildman–Crippen LogP) is 5.19. The van der Waals surface area contributed by atoms with Crippen LogP contribution in [0.5, 0.6) is 0 Å². The fraction of sp³-hybridized carbons (Fsp3) is 0.222. The largest absolute Gasteiger partial charge is 0.444 e. The maximum Gasteiger partial charge on any atom is 0.444 e. The molecule has 0 aliphatic heterocycles. The zero-order valence-electron chi connectivity index (χ0n) is 8.20. The fourth-order valence-corrected chi connectivity index (χ4v) is 1.27. The van der Waals surface area contributed by atoms with Crippen LogP contribution in [-0.4, -0.2) is 11.3 Å². The summed E-state index contributed by atoms with van der Waals surface area (Å²) in [4.78, 5) is 2.72. The van der Waals surface area contributed by atoms with Gasteiger partial charge in [-0.15, -0.1) is 0 Å². The molecule has 0 aliphatic carbocycles. The van der Waals surface area contributed by atoms with Gasteiger partial charge in [0.2, 0.25) is 5.17 Å². The Morgan fingerprint density at radius 2 is 1.61 bits per heavy atom. The molecule has 0 fully saturated rings. The molecule has 0 saturated heterocycles. The van der Waals surface area contributed by atoms with Crippen molar-refractivity contribution in [3.05, 3.63) is 28.8 Å². The lowest BCUT2D eigenvalue weighted by Crippen LogP contribution is -2.17. The van der Waals surface area contributed by atoms with Crippen molar-refractivity contribution < 1.29 is 26.3 Å². The molecule has 1 aromatic carbocycles. The smallest absolute Gasteiger partial charge is 0.232 e. The summed E-state index contributed by atoms with van der Waals surface area (Å²) in [5.74, 6) is 0. The normalized spacial score (nSPS) is 13.9. The number of halogens is 8. The standard InChI is InChI=1S/C9H3Cl2F6N/c10-4-1-2-6(5(3-4)8(12,13)14)18-7(11)9(15,16)17/h1-3H. The van der Waals surface area contributed by atoms with E-state index in [0.29, 0.717) is 12.1 Å². The minimum atomic E-state index is -5.01. The molecule has 18 heavy (non-hydrogen) atoms. The van der Waals surface area contributed by atoms with Crippen molar-refractivity contribution in [2.45, 2.75) is 12.4 Å². The van der Waals surface area contributed by atoms with Crippen molar-refractivity contribution in [3.8, 4) is 0 Å². The third-order valence-corrected chi connectivity index (χ3v) is 2.25. The number of benzene rings is 1. The maximum atomic E-state index is 12.5. The Kier molecular flexibility index (Phi) is 4.17. The molecular weight excluding hydrogens is 307 g/mol. The Morgan fingerprint density at radius 3 is 2.06 bits per heavy atom. The van der Waals surface area contributed by atoms with Crippen LogP contribution in [0.1, 0.15) is 5.56 Å². The van der Waals surface area contributed by atoms with Gasteiger partial charge in [-0.2, -0.15) is 26.3 Å². The molecule has 0 aromatic heterocycles. The van der Waals surface area contributed by atoms with Gasteiger partial charge in [-0.3, -0.25) is 0 Å².